The van der Waals surface area contributed by atoms with Gasteiger partial charge >= 0.3 is 6.18 Å². The highest BCUT2D eigenvalue weighted by atomic mass is 19.4. The molecule has 1 aromatic rings. The average Bonchev–Trinajstić information content (AvgIpc) is 2.29. The van der Waals surface area contributed by atoms with Crippen LogP contribution in [-0.4, -0.2) is 0 Å². The molecular formula is C13H9F3. The van der Waals surface area contributed by atoms with E-state index in [1.807, 2.05) is 12.2 Å². The third kappa shape index (κ3) is 2.26. The largest absolute Gasteiger partial charge is 0.416 e. The summed E-state index contributed by atoms with van der Waals surface area (Å²) in [6.07, 6.45) is 2.02. The zero-order valence-electron chi connectivity index (χ0n) is 8.38. The molecule has 0 nitrogen and oxygen atoms in total. The molecule has 0 heterocycles. The molecular weight excluding hydrogens is 213 g/mol. The Morgan fingerprint density at radius 3 is 2.25 bits per heavy atom. The predicted octanol–water partition coefficient (Wildman–Crippen LogP) is 4.20. The fourth-order valence-electron chi connectivity index (χ4n) is 1.52. The summed E-state index contributed by atoms with van der Waals surface area (Å²) in [5.41, 5.74) is 4.10. The van der Waals surface area contributed by atoms with E-state index in [2.05, 4.69) is 5.73 Å². The van der Waals surface area contributed by atoms with Crippen molar-refractivity contribution in [1.82, 2.24) is 0 Å². The van der Waals surface area contributed by atoms with Gasteiger partial charge in [0.2, 0.25) is 0 Å². The van der Waals surface area contributed by atoms with E-state index in [0.29, 0.717) is 6.42 Å². The summed E-state index contributed by atoms with van der Waals surface area (Å²) < 4.78 is 37.0. The first kappa shape index (κ1) is 10.8. The molecule has 0 atom stereocenters. The van der Waals surface area contributed by atoms with Crippen molar-refractivity contribution in [2.24, 2.45) is 0 Å². The van der Waals surface area contributed by atoms with E-state index < -0.39 is 11.7 Å². The molecule has 0 N–H and O–H groups in total. The number of benzene rings is 1. The van der Waals surface area contributed by atoms with Gasteiger partial charge in [0.25, 0.3) is 0 Å². The maximum Gasteiger partial charge on any atom is 0.416 e. The van der Waals surface area contributed by atoms with E-state index in [1.54, 1.807) is 6.08 Å². The fraction of sp³-hybridized carbons (Fsp3) is 0.154. The van der Waals surface area contributed by atoms with Crippen LogP contribution < -0.4 is 0 Å². The Kier molecular flexibility index (Phi) is 2.71. The van der Waals surface area contributed by atoms with E-state index in [4.69, 9.17) is 0 Å². The molecule has 82 valence electrons. The Morgan fingerprint density at radius 2 is 1.75 bits per heavy atom. The number of hydrogen-bond donors (Lipinski definition) is 0. The molecule has 0 saturated carbocycles. The Morgan fingerprint density at radius 1 is 1.06 bits per heavy atom. The molecule has 0 fully saturated rings. The highest BCUT2D eigenvalue weighted by Crippen LogP contribution is 2.30. The topological polar surface area (TPSA) is 0 Å². The van der Waals surface area contributed by atoms with Crippen LogP contribution in [0.1, 0.15) is 17.5 Å². The molecule has 0 aliphatic heterocycles. The monoisotopic (exact) mass is 222 g/mol. The molecule has 3 heteroatoms. The van der Waals surface area contributed by atoms with E-state index in [-0.39, 0.29) is 0 Å². The normalized spacial score (nSPS) is 15.1. The summed E-state index contributed by atoms with van der Waals surface area (Å²) in [4.78, 5) is 0. The van der Waals surface area contributed by atoms with Crippen molar-refractivity contribution >= 4 is 5.57 Å². The van der Waals surface area contributed by atoms with E-state index >= 15 is 0 Å². The first-order valence-electron chi connectivity index (χ1n) is 4.86. The second-order valence-corrected chi connectivity index (χ2v) is 3.50. The smallest absolute Gasteiger partial charge is 0.166 e. The second-order valence-electron chi connectivity index (χ2n) is 3.50. The molecule has 0 radical (unpaired) electrons. The lowest BCUT2D eigenvalue weighted by molar-refractivity contribution is -0.137. The summed E-state index contributed by atoms with van der Waals surface area (Å²) in [7, 11) is 0. The Balaban J connectivity index is 2.30. The maximum absolute atomic E-state index is 12.3. The second kappa shape index (κ2) is 4.03. The predicted molar refractivity (Wildman–Crippen MR) is 56.7 cm³/mol. The molecule has 0 amide bonds. The maximum atomic E-state index is 12.3. The first-order valence-corrected chi connectivity index (χ1v) is 4.86. The van der Waals surface area contributed by atoms with Gasteiger partial charge in [-0.15, -0.1) is 5.73 Å². The van der Waals surface area contributed by atoms with Gasteiger partial charge in [0.15, 0.2) is 0 Å². The number of rotatable bonds is 1. The summed E-state index contributed by atoms with van der Waals surface area (Å²) >= 11 is 0. The molecule has 1 aromatic carbocycles. The highest BCUT2D eigenvalue weighted by Gasteiger charge is 2.29. The molecule has 0 spiro atoms. The van der Waals surface area contributed by atoms with Crippen LogP contribution in [0.4, 0.5) is 13.2 Å². The van der Waals surface area contributed by atoms with Gasteiger partial charge < -0.3 is 0 Å². The standard InChI is InChI=1S/C13H9F3/c14-13(15,16)12-8-6-11(7-9-12)10-4-2-1-3-5-10/h1-3,6-9H,4H2. The number of hydrogen-bond acceptors (Lipinski definition) is 0. The van der Waals surface area contributed by atoms with Crippen molar-refractivity contribution in [2.75, 3.05) is 0 Å². The summed E-state index contributed by atoms with van der Waals surface area (Å²) in [6.45, 7) is 0. The molecule has 16 heavy (non-hydrogen) atoms. The van der Waals surface area contributed by atoms with Crippen LogP contribution in [0, 0.1) is 0 Å². The molecule has 0 unspecified atom stereocenters. The van der Waals surface area contributed by atoms with Crippen LogP contribution in [0.3, 0.4) is 0 Å². The summed E-state index contributed by atoms with van der Waals surface area (Å²) in [6, 6.07) is 5.17. The lowest BCUT2D eigenvalue weighted by Gasteiger charge is -2.08. The number of halogens is 3. The minimum Gasteiger partial charge on any atom is -0.166 e. The quantitative estimate of drug-likeness (QED) is 0.624. The Labute approximate surface area is 91.4 Å². The Hall–Kier alpha value is -1.73. The van der Waals surface area contributed by atoms with Crippen molar-refractivity contribution in [3.05, 3.63) is 59.4 Å². The fourth-order valence-corrected chi connectivity index (χ4v) is 1.52. The summed E-state index contributed by atoms with van der Waals surface area (Å²) in [5, 5.41) is 0. The van der Waals surface area contributed by atoms with Crippen LogP contribution in [-0.2, 0) is 6.18 Å². The van der Waals surface area contributed by atoms with E-state index in [9.17, 15) is 13.2 Å². The SMILES string of the molecule is FC(F)(F)c1ccc(C2=C=CC=CC2)cc1. The lowest BCUT2D eigenvalue weighted by atomic mass is 10.00. The zero-order valence-corrected chi connectivity index (χ0v) is 8.38. The van der Waals surface area contributed by atoms with Crippen LogP contribution in [0.2, 0.25) is 0 Å². The average molecular weight is 222 g/mol. The molecule has 2 rings (SSSR count). The minimum absolute atomic E-state index is 0.618. The van der Waals surface area contributed by atoms with Gasteiger partial charge in [0.05, 0.1) is 5.56 Å². The van der Waals surface area contributed by atoms with Gasteiger partial charge in [-0.2, -0.15) is 13.2 Å². The van der Waals surface area contributed by atoms with Gasteiger partial charge in [0, 0.05) is 5.57 Å². The van der Waals surface area contributed by atoms with Gasteiger partial charge in [-0.05, 0) is 30.2 Å². The minimum atomic E-state index is -4.27. The lowest BCUT2D eigenvalue weighted by Crippen LogP contribution is -2.04. The number of allylic oxidation sites excluding steroid dienone is 3. The Bertz CT molecular complexity index is 469. The highest BCUT2D eigenvalue weighted by molar-refractivity contribution is 5.67. The van der Waals surface area contributed by atoms with Crippen LogP contribution in [0.5, 0.6) is 0 Å². The van der Waals surface area contributed by atoms with Crippen molar-refractivity contribution in [1.29, 1.82) is 0 Å². The zero-order chi connectivity index (χ0) is 11.6. The van der Waals surface area contributed by atoms with Gasteiger partial charge in [0.1, 0.15) is 0 Å². The third-order valence-corrected chi connectivity index (χ3v) is 2.37. The van der Waals surface area contributed by atoms with Crippen molar-refractivity contribution in [3.8, 4) is 0 Å². The molecule has 0 aromatic heterocycles. The van der Waals surface area contributed by atoms with Crippen molar-refractivity contribution in [2.45, 2.75) is 12.6 Å². The van der Waals surface area contributed by atoms with Crippen LogP contribution in [0.15, 0.2) is 48.2 Å². The van der Waals surface area contributed by atoms with Crippen molar-refractivity contribution < 1.29 is 13.2 Å². The van der Waals surface area contributed by atoms with Crippen molar-refractivity contribution in [3.63, 3.8) is 0 Å². The van der Waals surface area contributed by atoms with Gasteiger partial charge in [-0.1, -0.05) is 24.3 Å². The van der Waals surface area contributed by atoms with Gasteiger partial charge in [-0.3, -0.25) is 0 Å². The van der Waals surface area contributed by atoms with Crippen LogP contribution in [0.25, 0.3) is 5.57 Å². The van der Waals surface area contributed by atoms with E-state index in [0.717, 1.165) is 23.3 Å². The third-order valence-electron chi connectivity index (χ3n) is 2.37. The van der Waals surface area contributed by atoms with Gasteiger partial charge in [-0.25, -0.2) is 0 Å². The summed E-state index contributed by atoms with van der Waals surface area (Å²) in [5.74, 6) is 0. The van der Waals surface area contributed by atoms with E-state index in [1.165, 1.54) is 12.1 Å². The molecule has 1 aliphatic carbocycles. The number of alkyl halides is 3. The molecule has 1 aliphatic rings. The molecule has 0 saturated heterocycles. The first-order chi connectivity index (χ1) is 7.57. The molecule has 0 bridgehead atoms. The van der Waals surface area contributed by atoms with Crippen LogP contribution >= 0.6 is 0 Å².